The first kappa shape index (κ1) is 12.8. The Kier molecular flexibility index (Phi) is 3.00. The van der Waals surface area contributed by atoms with Crippen LogP contribution in [0.1, 0.15) is 54.9 Å². The van der Waals surface area contributed by atoms with E-state index in [0.29, 0.717) is 24.0 Å². The van der Waals surface area contributed by atoms with Crippen LogP contribution in [0, 0.1) is 5.92 Å². The van der Waals surface area contributed by atoms with Gasteiger partial charge in [0.15, 0.2) is 5.69 Å². The molecule has 1 aromatic rings. The van der Waals surface area contributed by atoms with Crippen LogP contribution in [0.5, 0.6) is 0 Å². The van der Waals surface area contributed by atoms with Crippen LogP contribution in [0.15, 0.2) is 0 Å². The van der Waals surface area contributed by atoms with E-state index >= 15 is 0 Å². The van der Waals surface area contributed by atoms with Crippen LogP contribution in [-0.2, 0) is 19.3 Å². The van der Waals surface area contributed by atoms with Gasteiger partial charge in [0.2, 0.25) is 0 Å². The smallest absolute Gasteiger partial charge is 0.307 e. The molecule has 2 unspecified atom stereocenters. The van der Waals surface area contributed by atoms with Crippen molar-refractivity contribution in [2.45, 2.75) is 51.4 Å². The van der Waals surface area contributed by atoms with Gasteiger partial charge < -0.3 is 5.32 Å². The van der Waals surface area contributed by atoms with Gasteiger partial charge in [0.05, 0.1) is 5.69 Å². The Morgan fingerprint density at radius 3 is 2.58 bits per heavy atom. The first-order valence-electron chi connectivity index (χ1n) is 6.62. The summed E-state index contributed by atoms with van der Waals surface area (Å²) in [5.41, 5.74) is 0.0104. The summed E-state index contributed by atoms with van der Waals surface area (Å²) < 4.78 is 39.2. The zero-order valence-corrected chi connectivity index (χ0v) is 10.7. The van der Waals surface area contributed by atoms with Crippen molar-refractivity contribution in [2.75, 3.05) is 0 Å². The van der Waals surface area contributed by atoms with Gasteiger partial charge >= 0.3 is 6.18 Å². The minimum atomic E-state index is -4.39. The number of nitrogens with zero attached hydrogens (tertiary/aromatic N) is 2. The summed E-state index contributed by atoms with van der Waals surface area (Å²) in [7, 11) is 0. The van der Waals surface area contributed by atoms with Gasteiger partial charge in [-0.15, -0.1) is 0 Å². The minimum Gasteiger partial charge on any atom is -0.307 e. The third kappa shape index (κ3) is 2.33. The van der Waals surface area contributed by atoms with E-state index < -0.39 is 11.9 Å². The molecule has 3 nitrogen and oxygen atoms in total. The van der Waals surface area contributed by atoms with Gasteiger partial charge in [-0.25, -0.2) is 9.97 Å². The third-order valence-electron chi connectivity index (χ3n) is 4.03. The second-order valence-corrected chi connectivity index (χ2v) is 5.57. The molecule has 0 aromatic carbocycles. The van der Waals surface area contributed by atoms with E-state index in [1.165, 1.54) is 0 Å². The second-order valence-electron chi connectivity index (χ2n) is 5.57. The van der Waals surface area contributed by atoms with E-state index in [1.54, 1.807) is 0 Å². The normalized spacial score (nSPS) is 26.7. The van der Waals surface area contributed by atoms with Crippen LogP contribution in [0.3, 0.4) is 0 Å². The highest BCUT2D eigenvalue weighted by Gasteiger charge is 2.39. The SMILES string of the molecule is CC1CCC(c2nc3c(c(C(F)(F)F)n2)CNC3)C1. The van der Waals surface area contributed by atoms with Crippen molar-refractivity contribution in [3.63, 3.8) is 0 Å². The van der Waals surface area contributed by atoms with Crippen molar-refractivity contribution in [3.05, 3.63) is 22.8 Å². The van der Waals surface area contributed by atoms with Gasteiger partial charge in [-0.1, -0.05) is 6.92 Å². The minimum absolute atomic E-state index is 0.0852. The van der Waals surface area contributed by atoms with Crippen LogP contribution in [0.25, 0.3) is 0 Å². The lowest BCUT2D eigenvalue weighted by molar-refractivity contribution is -0.142. The molecular weight excluding hydrogens is 255 g/mol. The second kappa shape index (κ2) is 4.44. The van der Waals surface area contributed by atoms with Crippen LogP contribution in [0.2, 0.25) is 0 Å². The van der Waals surface area contributed by atoms with Crippen LogP contribution in [0.4, 0.5) is 13.2 Å². The van der Waals surface area contributed by atoms with E-state index in [2.05, 4.69) is 22.2 Å². The Bertz CT molecular complexity index is 499. The van der Waals surface area contributed by atoms with Gasteiger partial charge in [0, 0.05) is 24.6 Å². The number of nitrogens with one attached hydrogen (secondary N) is 1. The quantitative estimate of drug-likeness (QED) is 0.853. The number of rotatable bonds is 1. The molecule has 0 saturated heterocycles. The molecule has 1 aromatic heterocycles. The lowest BCUT2D eigenvalue weighted by atomic mass is 10.0. The van der Waals surface area contributed by atoms with Gasteiger partial charge in [-0.05, 0) is 25.2 Å². The highest BCUT2D eigenvalue weighted by molar-refractivity contribution is 5.32. The number of aromatic nitrogens is 2. The summed E-state index contributed by atoms with van der Waals surface area (Å²) in [5.74, 6) is 1.02. The van der Waals surface area contributed by atoms with Gasteiger partial charge in [-0.2, -0.15) is 13.2 Å². The molecule has 0 amide bonds. The van der Waals surface area contributed by atoms with Crippen molar-refractivity contribution in [1.29, 1.82) is 0 Å². The summed E-state index contributed by atoms with van der Waals surface area (Å²) in [6.45, 7) is 2.75. The molecule has 104 valence electrons. The summed E-state index contributed by atoms with van der Waals surface area (Å²) in [5, 5.41) is 2.92. The summed E-state index contributed by atoms with van der Waals surface area (Å²) in [6, 6.07) is 0. The first-order chi connectivity index (χ1) is 8.95. The van der Waals surface area contributed by atoms with Crippen LogP contribution < -0.4 is 5.32 Å². The number of hydrogen-bond donors (Lipinski definition) is 1. The maximum atomic E-state index is 13.1. The Hall–Kier alpha value is -1.17. The Morgan fingerprint density at radius 2 is 1.95 bits per heavy atom. The third-order valence-corrected chi connectivity index (χ3v) is 4.03. The zero-order valence-electron chi connectivity index (χ0n) is 10.7. The molecule has 0 bridgehead atoms. The summed E-state index contributed by atoms with van der Waals surface area (Å²) in [4.78, 5) is 8.23. The predicted octanol–water partition coefficient (Wildman–Crippen LogP) is 3.00. The molecule has 19 heavy (non-hydrogen) atoms. The largest absolute Gasteiger partial charge is 0.433 e. The molecule has 0 radical (unpaired) electrons. The topological polar surface area (TPSA) is 37.8 Å². The lowest BCUT2D eigenvalue weighted by Crippen LogP contribution is -2.17. The fourth-order valence-corrected chi connectivity index (χ4v) is 3.05. The fraction of sp³-hybridized carbons (Fsp3) is 0.692. The standard InChI is InChI=1S/C13H16F3N3/c1-7-2-3-8(4-7)12-18-10-6-17-5-9(10)11(19-12)13(14,15)16/h7-8,17H,2-6H2,1H3. The molecule has 1 saturated carbocycles. The zero-order chi connectivity index (χ0) is 13.6. The fourth-order valence-electron chi connectivity index (χ4n) is 3.05. The predicted molar refractivity (Wildman–Crippen MR) is 63.3 cm³/mol. The van der Waals surface area contributed by atoms with Crippen molar-refractivity contribution in [1.82, 2.24) is 15.3 Å². The van der Waals surface area contributed by atoms with Gasteiger partial charge in [0.1, 0.15) is 5.82 Å². The van der Waals surface area contributed by atoms with Gasteiger partial charge in [0.25, 0.3) is 0 Å². The summed E-state index contributed by atoms with van der Waals surface area (Å²) in [6.07, 6.45) is -1.56. The monoisotopic (exact) mass is 271 g/mol. The Labute approximate surface area is 109 Å². The molecule has 1 N–H and O–H groups in total. The van der Waals surface area contributed by atoms with E-state index in [4.69, 9.17) is 0 Å². The number of halogens is 3. The molecule has 1 aliphatic heterocycles. The van der Waals surface area contributed by atoms with E-state index in [1.807, 2.05) is 0 Å². The highest BCUT2D eigenvalue weighted by atomic mass is 19.4. The average Bonchev–Trinajstić information content (AvgIpc) is 2.94. The van der Waals surface area contributed by atoms with E-state index in [9.17, 15) is 13.2 Å². The molecule has 1 aliphatic carbocycles. The molecule has 2 heterocycles. The van der Waals surface area contributed by atoms with Crippen molar-refractivity contribution in [2.24, 2.45) is 5.92 Å². The highest BCUT2D eigenvalue weighted by Crippen LogP contribution is 2.39. The van der Waals surface area contributed by atoms with E-state index in [-0.39, 0.29) is 18.0 Å². The number of alkyl halides is 3. The number of hydrogen-bond acceptors (Lipinski definition) is 3. The average molecular weight is 271 g/mol. The summed E-state index contributed by atoms with van der Waals surface area (Å²) >= 11 is 0. The molecule has 6 heteroatoms. The van der Waals surface area contributed by atoms with Crippen LogP contribution in [-0.4, -0.2) is 9.97 Å². The van der Waals surface area contributed by atoms with Gasteiger partial charge in [-0.3, -0.25) is 0 Å². The maximum absolute atomic E-state index is 13.1. The molecular formula is C13H16F3N3. The molecule has 1 fully saturated rings. The molecule has 0 spiro atoms. The maximum Gasteiger partial charge on any atom is 0.433 e. The number of fused-ring (bicyclic) bond motifs is 1. The first-order valence-corrected chi connectivity index (χ1v) is 6.62. The lowest BCUT2D eigenvalue weighted by Gasteiger charge is -2.15. The van der Waals surface area contributed by atoms with Crippen molar-refractivity contribution in [3.8, 4) is 0 Å². The van der Waals surface area contributed by atoms with Crippen molar-refractivity contribution >= 4 is 0 Å². The van der Waals surface area contributed by atoms with E-state index in [0.717, 1.165) is 19.3 Å². The molecule has 2 aliphatic rings. The Balaban J connectivity index is 2.03. The van der Waals surface area contributed by atoms with Crippen molar-refractivity contribution < 1.29 is 13.2 Å². The molecule has 2 atom stereocenters. The Morgan fingerprint density at radius 1 is 1.16 bits per heavy atom. The molecule has 3 rings (SSSR count). The van der Waals surface area contributed by atoms with Crippen LogP contribution >= 0.6 is 0 Å².